The summed E-state index contributed by atoms with van der Waals surface area (Å²) < 4.78 is 1.97. The predicted molar refractivity (Wildman–Crippen MR) is 97.8 cm³/mol. The van der Waals surface area contributed by atoms with Crippen LogP contribution < -0.4 is 5.32 Å². The van der Waals surface area contributed by atoms with E-state index in [1.807, 2.05) is 4.57 Å². The molecule has 0 unspecified atom stereocenters. The fourth-order valence-electron chi connectivity index (χ4n) is 1.96. The summed E-state index contributed by atoms with van der Waals surface area (Å²) in [5.74, 6) is 0.0859. The van der Waals surface area contributed by atoms with E-state index in [4.69, 9.17) is 23.2 Å². The predicted octanol–water partition coefficient (Wildman–Crippen LogP) is 4.29. The molecule has 1 atom stereocenters. The Bertz CT molecular complexity index is 694. The van der Waals surface area contributed by atoms with Crippen molar-refractivity contribution in [3.8, 4) is 0 Å². The van der Waals surface area contributed by atoms with E-state index in [1.165, 1.54) is 24.0 Å². The van der Waals surface area contributed by atoms with Crippen LogP contribution in [0.15, 0.2) is 23.7 Å². The molecular formula is C15H19Cl2N5OS. The molecule has 0 fully saturated rings. The minimum atomic E-state index is -0.368. The molecule has 0 radical (unpaired) electrons. The minimum absolute atomic E-state index is 0.208. The molecule has 0 saturated heterocycles. The maximum absolute atomic E-state index is 12.3. The number of hydrogen-bond donors (Lipinski definition) is 1. The molecule has 0 aromatic carbocycles. The first kappa shape index (κ1) is 19.0. The Morgan fingerprint density at radius 2 is 2.21 bits per heavy atom. The molecule has 130 valence electrons. The number of unbranched alkanes of at least 4 members (excludes halogenated alkanes) is 2. The summed E-state index contributed by atoms with van der Waals surface area (Å²) in [6.07, 6.45) is 6.50. The van der Waals surface area contributed by atoms with Crippen molar-refractivity contribution in [2.45, 2.75) is 50.1 Å². The standard InChI is InChI=1S/C15H19Cl2N5OS/c1-3-4-5-6-22-9-19-21-15(22)24-10(2)14(23)20-13-12(17)7-11(16)8-18-13/h7-10H,3-6H2,1-2H3,(H,18,20,23)/t10-/m0/s1. The number of rotatable bonds is 8. The third-order valence-corrected chi connectivity index (χ3v) is 4.87. The third-order valence-electron chi connectivity index (χ3n) is 3.28. The minimum Gasteiger partial charge on any atom is -0.309 e. The Balaban J connectivity index is 1.95. The molecule has 2 aromatic heterocycles. The van der Waals surface area contributed by atoms with Gasteiger partial charge in [0.15, 0.2) is 11.0 Å². The average molecular weight is 388 g/mol. The lowest BCUT2D eigenvalue weighted by Gasteiger charge is -2.12. The quantitative estimate of drug-likeness (QED) is 0.540. The van der Waals surface area contributed by atoms with Crippen LogP contribution in [0.3, 0.4) is 0 Å². The first-order valence-electron chi connectivity index (χ1n) is 7.67. The number of amides is 1. The van der Waals surface area contributed by atoms with E-state index in [0.29, 0.717) is 15.9 Å². The number of nitrogens with zero attached hydrogens (tertiary/aromatic N) is 4. The molecule has 0 aliphatic carbocycles. The number of aryl methyl sites for hydroxylation is 1. The first-order chi connectivity index (χ1) is 11.5. The summed E-state index contributed by atoms with van der Waals surface area (Å²) >= 11 is 13.2. The van der Waals surface area contributed by atoms with E-state index < -0.39 is 0 Å². The molecule has 1 N–H and O–H groups in total. The van der Waals surface area contributed by atoms with Crippen LogP contribution in [-0.2, 0) is 11.3 Å². The van der Waals surface area contributed by atoms with Crippen molar-refractivity contribution in [1.29, 1.82) is 0 Å². The van der Waals surface area contributed by atoms with Gasteiger partial charge >= 0.3 is 0 Å². The Labute approximate surface area is 155 Å². The number of carbonyl (C=O) groups is 1. The van der Waals surface area contributed by atoms with Gasteiger partial charge in [0.1, 0.15) is 6.33 Å². The van der Waals surface area contributed by atoms with Crippen molar-refractivity contribution in [3.05, 3.63) is 28.6 Å². The number of anilines is 1. The van der Waals surface area contributed by atoms with Gasteiger partial charge in [-0.3, -0.25) is 4.79 Å². The second-order valence-corrected chi connectivity index (χ2v) is 7.40. The number of hydrogen-bond acceptors (Lipinski definition) is 5. The van der Waals surface area contributed by atoms with Crippen molar-refractivity contribution >= 4 is 46.7 Å². The topological polar surface area (TPSA) is 72.7 Å². The van der Waals surface area contributed by atoms with E-state index in [-0.39, 0.29) is 11.2 Å². The van der Waals surface area contributed by atoms with Crippen LogP contribution in [0.2, 0.25) is 10.0 Å². The molecule has 6 nitrogen and oxygen atoms in total. The van der Waals surface area contributed by atoms with Crippen LogP contribution in [-0.4, -0.2) is 30.9 Å². The second-order valence-electron chi connectivity index (χ2n) is 5.25. The molecule has 2 aromatic rings. The molecule has 24 heavy (non-hydrogen) atoms. The van der Waals surface area contributed by atoms with Crippen molar-refractivity contribution in [2.24, 2.45) is 0 Å². The van der Waals surface area contributed by atoms with Crippen LogP contribution in [0.5, 0.6) is 0 Å². The van der Waals surface area contributed by atoms with Crippen LogP contribution in [0.1, 0.15) is 33.1 Å². The highest BCUT2D eigenvalue weighted by molar-refractivity contribution is 8.00. The summed E-state index contributed by atoms with van der Waals surface area (Å²) in [5.41, 5.74) is 0. The van der Waals surface area contributed by atoms with Crippen LogP contribution >= 0.6 is 35.0 Å². The Hall–Kier alpha value is -1.31. The van der Waals surface area contributed by atoms with Gasteiger partial charge in [-0.05, 0) is 19.4 Å². The third kappa shape index (κ3) is 5.36. The highest BCUT2D eigenvalue weighted by Gasteiger charge is 2.19. The highest BCUT2D eigenvalue weighted by atomic mass is 35.5. The Kier molecular flexibility index (Phi) is 7.33. The van der Waals surface area contributed by atoms with Crippen LogP contribution in [0.4, 0.5) is 5.82 Å². The molecule has 2 rings (SSSR count). The normalized spacial score (nSPS) is 12.2. The monoisotopic (exact) mass is 387 g/mol. The van der Waals surface area contributed by atoms with Crippen molar-refractivity contribution in [3.63, 3.8) is 0 Å². The van der Waals surface area contributed by atoms with Crippen LogP contribution in [0, 0.1) is 0 Å². The van der Waals surface area contributed by atoms with Crippen molar-refractivity contribution in [2.75, 3.05) is 5.32 Å². The first-order valence-corrected chi connectivity index (χ1v) is 9.31. The van der Waals surface area contributed by atoms with Gasteiger partial charge in [0, 0.05) is 12.7 Å². The molecule has 1 amide bonds. The van der Waals surface area contributed by atoms with Crippen LogP contribution in [0.25, 0.3) is 0 Å². The number of halogens is 2. The van der Waals surface area contributed by atoms with Gasteiger partial charge in [-0.25, -0.2) is 4.98 Å². The number of nitrogens with one attached hydrogen (secondary N) is 1. The van der Waals surface area contributed by atoms with Gasteiger partial charge in [-0.15, -0.1) is 10.2 Å². The smallest absolute Gasteiger partial charge is 0.238 e. The highest BCUT2D eigenvalue weighted by Crippen LogP contribution is 2.25. The van der Waals surface area contributed by atoms with E-state index in [9.17, 15) is 4.79 Å². The van der Waals surface area contributed by atoms with Gasteiger partial charge in [0.05, 0.1) is 15.3 Å². The zero-order valence-corrected chi connectivity index (χ0v) is 15.8. The molecule has 0 aliphatic heterocycles. The van der Waals surface area contributed by atoms with Gasteiger partial charge in [-0.1, -0.05) is 54.7 Å². The number of pyridine rings is 1. The van der Waals surface area contributed by atoms with Crippen molar-refractivity contribution in [1.82, 2.24) is 19.7 Å². The molecule has 0 bridgehead atoms. The molecule has 0 aliphatic rings. The van der Waals surface area contributed by atoms with Gasteiger partial charge in [0.25, 0.3) is 0 Å². The number of carbonyl (C=O) groups excluding carboxylic acids is 1. The lowest BCUT2D eigenvalue weighted by atomic mass is 10.2. The van der Waals surface area contributed by atoms with Gasteiger partial charge < -0.3 is 9.88 Å². The van der Waals surface area contributed by atoms with E-state index in [2.05, 4.69) is 27.4 Å². The van der Waals surface area contributed by atoms with Gasteiger partial charge in [0.2, 0.25) is 5.91 Å². The zero-order chi connectivity index (χ0) is 17.5. The maximum atomic E-state index is 12.3. The molecule has 2 heterocycles. The summed E-state index contributed by atoms with van der Waals surface area (Å²) in [4.78, 5) is 16.4. The fourth-order valence-corrected chi connectivity index (χ4v) is 3.24. The number of thioether (sulfide) groups is 1. The maximum Gasteiger partial charge on any atom is 0.238 e. The Morgan fingerprint density at radius 3 is 2.92 bits per heavy atom. The SMILES string of the molecule is CCCCCn1cnnc1S[C@@H](C)C(=O)Nc1ncc(Cl)cc1Cl. The van der Waals surface area contributed by atoms with E-state index in [0.717, 1.165) is 31.0 Å². The average Bonchev–Trinajstić information content (AvgIpc) is 2.97. The van der Waals surface area contributed by atoms with Crippen molar-refractivity contribution < 1.29 is 4.79 Å². The summed E-state index contributed by atoms with van der Waals surface area (Å²) in [5, 5.41) is 11.8. The largest absolute Gasteiger partial charge is 0.309 e. The van der Waals surface area contributed by atoms with E-state index in [1.54, 1.807) is 13.3 Å². The second kappa shape index (κ2) is 9.25. The molecule has 9 heteroatoms. The lowest BCUT2D eigenvalue weighted by molar-refractivity contribution is -0.115. The lowest BCUT2D eigenvalue weighted by Crippen LogP contribution is -2.23. The fraction of sp³-hybridized carbons (Fsp3) is 0.467. The molecular weight excluding hydrogens is 369 g/mol. The zero-order valence-electron chi connectivity index (χ0n) is 13.5. The summed E-state index contributed by atoms with van der Waals surface area (Å²) in [7, 11) is 0. The Morgan fingerprint density at radius 1 is 1.42 bits per heavy atom. The summed E-state index contributed by atoms with van der Waals surface area (Å²) in [6.45, 7) is 4.81. The molecule has 0 spiro atoms. The van der Waals surface area contributed by atoms with E-state index >= 15 is 0 Å². The molecule has 0 saturated carbocycles. The number of aromatic nitrogens is 4. The summed E-state index contributed by atoms with van der Waals surface area (Å²) in [6, 6.07) is 1.54. The van der Waals surface area contributed by atoms with Gasteiger partial charge in [-0.2, -0.15) is 0 Å².